The molecule has 2 aromatic heterocycles. The third kappa shape index (κ3) is 3.47. The number of nitrogens with zero attached hydrogens (tertiary/aromatic N) is 4. The molecule has 3 aromatic rings. The monoisotopic (exact) mass is 408 g/mol. The van der Waals surface area contributed by atoms with Crippen molar-refractivity contribution in [3.63, 3.8) is 0 Å². The lowest BCUT2D eigenvalue weighted by Crippen LogP contribution is -2.35. The second kappa shape index (κ2) is 7.68. The van der Waals surface area contributed by atoms with E-state index in [4.69, 9.17) is 0 Å². The maximum absolute atomic E-state index is 12.7. The summed E-state index contributed by atoms with van der Waals surface area (Å²) in [5.74, 6) is 1.19. The molecule has 2 aliphatic rings. The Morgan fingerprint density at radius 3 is 2.97 bits per heavy atom. The molecular weight excluding hydrogens is 384 g/mol. The maximum atomic E-state index is 12.7. The Morgan fingerprint density at radius 1 is 1.28 bits per heavy atom. The molecular formula is C21H24N6OS. The number of hydrogen-bond donors (Lipinski definition) is 2. The summed E-state index contributed by atoms with van der Waals surface area (Å²) in [6, 6.07) is 8.67. The van der Waals surface area contributed by atoms with Crippen LogP contribution in [-0.2, 0) is 6.42 Å². The lowest BCUT2D eigenvalue weighted by Gasteiger charge is -2.23. The van der Waals surface area contributed by atoms with Gasteiger partial charge in [-0.2, -0.15) is 0 Å². The number of hydrogen-bond acceptors (Lipinski definition) is 7. The van der Waals surface area contributed by atoms with Crippen molar-refractivity contribution in [2.45, 2.75) is 32.2 Å². The number of carbonyl (C=O) groups is 1. The lowest BCUT2D eigenvalue weighted by molar-refractivity contribution is 0.0944. The van der Waals surface area contributed by atoms with Crippen LogP contribution in [0.1, 0.15) is 35.1 Å². The summed E-state index contributed by atoms with van der Waals surface area (Å²) < 4.78 is 0. The van der Waals surface area contributed by atoms with Crippen LogP contribution in [0.3, 0.4) is 0 Å². The van der Waals surface area contributed by atoms with Crippen molar-refractivity contribution in [1.82, 2.24) is 25.6 Å². The van der Waals surface area contributed by atoms with Gasteiger partial charge in [0, 0.05) is 18.3 Å². The quantitative estimate of drug-likeness (QED) is 0.691. The van der Waals surface area contributed by atoms with Gasteiger partial charge in [-0.3, -0.25) is 4.79 Å². The van der Waals surface area contributed by atoms with Gasteiger partial charge < -0.3 is 15.5 Å². The Labute approximate surface area is 173 Å². The largest absolute Gasteiger partial charge is 0.350 e. The van der Waals surface area contributed by atoms with Gasteiger partial charge in [-0.25, -0.2) is 15.0 Å². The predicted molar refractivity (Wildman–Crippen MR) is 115 cm³/mol. The first-order valence-electron chi connectivity index (χ1n) is 10.2. The van der Waals surface area contributed by atoms with Crippen LogP contribution in [0.4, 0.5) is 11.5 Å². The molecule has 1 aromatic carbocycles. The minimum absolute atomic E-state index is 0.118. The van der Waals surface area contributed by atoms with Crippen LogP contribution in [0.25, 0.3) is 10.3 Å². The van der Waals surface area contributed by atoms with Crippen LogP contribution in [0, 0.1) is 5.92 Å². The van der Waals surface area contributed by atoms with Crippen LogP contribution in [0.15, 0.2) is 30.6 Å². The fraction of sp³-hybridized carbons (Fsp3) is 0.429. The highest BCUT2D eigenvalue weighted by Crippen LogP contribution is 2.40. The molecule has 150 valence electrons. The van der Waals surface area contributed by atoms with E-state index in [2.05, 4.69) is 55.6 Å². The molecule has 8 heteroatoms. The van der Waals surface area contributed by atoms with E-state index in [1.807, 2.05) is 6.07 Å². The molecule has 4 heterocycles. The third-order valence-electron chi connectivity index (χ3n) is 5.82. The standard InChI is InChI=1S/C21H24N6OS/c1-13-10-15-4-2-3-5-16(15)27(13)18-17-20(25-12-24-18)29-21(26-17)19(28)23-11-14-6-8-22-9-7-14/h2-5,12-14,22H,6-11H2,1H3,(H,23,28)/t13-/m0/s1. The van der Waals surface area contributed by atoms with Gasteiger partial charge in [0.2, 0.25) is 0 Å². The smallest absolute Gasteiger partial charge is 0.280 e. The van der Waals surface area contributed by atoms with Crippen molar-refractivity contribution >= 4 is 39.1 Å². The summed E-state index contributed by atoms with van der Waals surface area (Å²) in [4.78, 5) is 29.3. The number of para-hydroxylation sites is 1. The zero-order chi connectivity index (χ0) is 19.8. The molecule has 0 aliphatic carbocycles. The Morgan fingerprint density at radius 2 is 2.10 bits per heavy atom. The molecule has 0 radical (unpaired) electrons. The van der Waals surface area contributed by atoms with Crippen molar-refractivity contribution < 1.29 is 4.79 Å². The van der Waals surface area contributed by atoms with E-state index in [1.54, 1.807) is 6.33 Å². The van der Waals surface area contributed by atoms with Crippen LogP contribution in [0.5, 0.6) is 0 Å². The van der Waals surface area contributed by atoms with E-state index in [0.717, 1.165) is 48.7 Å². The highest BCUT2D eigenvalue weighted by molar-refractivity contribution is 7.19. The van der Waals surface area contributed by atoms with Crippen molar-refractivity contribution in [2.24, 2.45) is 5.92 Å². The second-order valence-corrected chi connectivity index (χ2v) is 8.80. The summed E-state index contributed by atoms with van der Waals surface area (Å²) in [6.45, 7) is 4.94. The van der Waals surface area contributed by atoms with E-state index in [0.29, 0.717) is 23.0 Å². The first kappa shape index (κ1) is 18.4. The van der Waals surface area contributed by atoms with E-state index in [-0.39, 0.29) is 11.9 Å². The van der Waals surface area contributed by atoms with Gasteiger partial charge in [0.05, 0.1) is 0 Å². The summed E-state index contributed by atoms with van der Waals surface area (Å²) in [6.07, 6.45) is 4.74. The number of fused-ring (bicyclic) bond motifs is 2. The SMILES string of the molecule is C[C@H]1Cc2ccccc2N1c1ncnc2sc(C(=O)NCC3CCNCC3)nc12. The molecule has 29 heavy (non-hydrogen) atoms. The Balaban J connectivity index is 1.42. The number of thiazole rings is 1. The van der Waals surface area contributed by atoms with E-state index in [9.17, 15) is 4.79 Å². The molecule has 1 amide bonds. The topological polar surface area (TPSA) is 83.0 Å². The summed E-state index contributed by atoms with van der Waals surface area (Å²) in [5, 5.41) is 6.87. The van der Waals surface area contributed by atoms with E-state index >= 15 is 0 Å². The fourth-order valence-electron chi connectivity index (χ4n) is 4.30. The molecule has 1 atom stereocenters. The van der Waals surface area contributed by atoms with Gasteiger partial charge in [0.25, 0.3) is 5.91 Å². The molecule has 7 nitrogen and oxygen atoms in total. The molecule has 0 unspecified atom stereocenters. The van der Waals surface area contributed by atoms with E-state index < -0.39 is 0 Å². The minimum atomic E-state index is -0.118. The Kier molecular flexibility index (Phi) is 4.89. The van der Waals surface area contributed by atoms with Crippen LogP contribution >= 0.6 is 11.3 Å². The first-order valence-corrected chi connectivity index (χ1v) is 11.0. The molecule has 0 saturated carbocycles. The molecule has 1 saturated heterocycles. The molecule has 0 bridgehead atoms. The van der Waals surface area contributed by atoms with Crippen molar-refractivity contribution in [2.75, 3.05) is 24.5 Å². The second-order valence-electron chi connectivity index (χ2n) is 7.83. The number of amides is 1. The van der Waals surface area contributed by atoms with Crippen molar-refractivity contribution in [3.05, 3.63) is 41.2 Å². The molecule has 0 spiro atoms. The third-order valence-corrected chi connectivity index (χ3v) is 6.78. The van der Waals surface area contributed by atoms with Gasteiger partial charge in [-0.1, -0.05) is 29.5 Å². The van der Waals surface area contributed by atoms with Gasteiger partial charge in [-0.15, -0.1) is 0 Å². The average Bonchev–Trinajstić information content (AvgIpc) is 3.33. The van der Waals surface area contributed by atoms with Gasteiger partial charge in [-0.05, 0) is 56.8 Å². The van der Waals surface area contributed by atoms with Crippen LogP contribution in [0.2, 0.25) is 0 Å². The van der Waals surface area contributed by atoms with Gasteiger partial charge >= 0.3 is 0 Å². The van der Waals surface area contributed by atoms with Crippen LogP contribution < -0.4 is 15.5 Å². The van der Waals surface area contributed by atoms with Crippen molar-refractivity contribution in [3.8, 4) is 0 Å². The number of piperidine rings is 1. The summed E-state index contributed by atoms with van der Waals surface area (Å²) in [5.41, 5.74) is 3.17. The minimum Gasteiger partial charge on any atom is -0.350 e. The number of rotatable bonds is 4. The van der Waals surface area contributed by atoms with Gasteiger partial charge in [0.15, 0.2) is 10.8 Å². The number of carbonyl (C=O) groups excluding carboxylic acids is 1. The molecule has 5 rings (SSSR count). The number of benzene rings is 1. The predicted octanol–water partition coefficient (Wildman–Crippen LogP) is 2.90. The molecule has 2 aliphatic heterocycles. The fourth-order valence-corrected chi connectivity index (χ4v) is 5.12. The number of nitrogens with one attached hydrogen (secondary N) is 2. The van der Waals surface area contributed by atoms with Crippen molar-refractivity contribution in [1.29, 1.82) is 0 Å². The first-order chi connectivity index (χ1) is 14.2. The molecule has 2 N–H and O–H groups in total. The number of aromatic nitrogens is 3. The Hall–Kier alpha value is -2.58. The Bertz CT molecular complexity index is 1040. The normalized spacial score (nSPS) is 19.5. The maximum Gasteiger partial charge on any atom is 0.280 e. The number of anilines is 2. The summed E-state index contributed by atoms with van der Waals surface area (Å²) >= 11 is 1.33. The molecule has 1 fully saturated rings. The zero-order valence-corrected chi connectivity index (χ0v) is 17.2. The van der Waals surface area contributed by atoms with Crippen LogP contribution in [-0.4, -0.2) is 46.5 Å². The highest BCUT2D eigenvalue weighted by Gasteiger charge is 2.30. The lowest BCUT2D eigenvalue weighted by atomic mass is 9.98. The van der Waals surface area contributed by atoms with E-state index in [1.165, 1.54) is 16.9 Å². The highest BCUT2D eigenvalue weighted by atomic mass is 32.1. The average molecular weight is 409 g/mol. The summed E-state index contributed by atoms with van der Waals surface area (Å²) in [7, 11) is 0. The zero-order valence-electron chi connectivity index (χ0n) is 16.4. The van der Waals surface area contributed by atoms with Gasteiger partial charge in [0.1, 0.15) is 16.7 Å².